The molecule has 2 aromatic rings. The van der Waals surface area contributed by atoms with Crippen LogP contribution in [0.4, 0.5) is 0 Å². The quantitative estimate of drug-likeness (QED) is 0.589. The van der Waals surface area contributed by atoms with Gasteiger partial charge in [0, 0.05) is 33.2 Å². The monoisotopic (exact) mass is 401 g/mol. The molecule has 0 fully saturated rings. The van der Waals surface area contributed by atoms with Crippen molar-refractivity contribution in [2.75, 3.05) is 13.7 Å². The lowest BCUT2D eigenvalue weighted by atomic mass is 10.1. The average Bonchev–Trinajstić information content (AvgIpc) is 2.55. The third kappa shape index (κ3) is 5.68. The van der Waals surface area contributed by atoms with E-state index < -0.39 is 0 Å². The van der Waals surface area contributed by atoms with Gasteiger partial charge in [0.15, 0.2) is 11.5 Å². The molecule has 0 aromatic heterocycles. The maximum absolute atomic E-state index is 6.39. The first-order chi connectivity index (χ1) is 11.9. The van der Waals surface area contributed by atoms with E-state index in [1.807, 2.05) is 6.07 Å². The first kappa shape index (κ1) is 20.2. The van der Waals surface area contributed by atoms with Gasteiger partial charge in [0.25, 0.3) is 0 Å². The molecule has 0 atom stereocenters. The van der Waals surface area contributed by atoms with Crippen molar-refractivity contribution in [3.8, 4) is 11.5 Å². The van der Waals surface area contributed by atoms with E-state index in [0.29, 0.717) is 39.0 Å². The van der Waals surface area contributed by atoms with Crippen LogP contribution in [0.1, 0.15) is 25.0 Å². The van der Waals surface area contributed by atoms with Crippen LogP contribution in [-0.4, -0.2) is 13.7 Å². The molecule has 0 aliphatic rings. The van der Waals surface area contributed by atoms with Crippen molar-refractivity contribution < 1.29 is 9.47 Å². The minimum atomic E-state index is 0.232. The molecule has 25 heavy (non-hydrogen) atoms. The fourth-order valence-electron chi connectivity index (χ4n) is 2.30. The van der Waals surface area contributed by atoms with Gasteiger partial charge in [-0.1, -0.05) is 54.7 Å². The van der Waals surface area contributed by atoms with Crippen LogP contribution in [0.5, 0.6) is 11.5 Å². The van der Waals surface area contributed by atoms with E-state index in [-0.39, 0.29) is 6.61 Å². The Bertz CT molecular complexity index is 700. The Balaban J connectivity index is 2.14. The van der Waals surface area contributed by atoms with Gasteiger partial charge < -0.3 is 14.8 Å². The summed E-state index contributed by atoms with van der Waals surface area (Å²) in [6, 6.07) is 9.00. The summed E-state index contributed by atoms with van der Waals surface area (Å²) in [5.41, 5.74) is 1.69. The normalized spacial score (nSPS) is 11.0. The van der Waals surface area contributed by atoms with Crippen LogP contribution in [0.2, 0.25) is 15.1 Å². The molecule has 1 N–H and O–H groups in total. The van der Waals surface area contributed by atoms with E-state index in [9.17, 15) is 0 Å². The Labute approximate surface area is 164 Å². The van der Waals surface area contributed by atoms with Gasteiger partial charge in [-0.15, -0.1) is 0 Å². The predicted octanol–water partition coefficient (Wildman–Crippen LogP) is 5.98. The highest BCUT2D eigenvalue weighted by molar-refractivity contribution is 6.36. The third-order valence-corrected chi connectivity index (χ3v) is 4.69. The standard InChI is InChI=1S/C19H22Cl3NO2/c1-12(2)9-23-10-13-7-18(24-3)19(8-17(13)22)25-11-14-15(20)5-4-6-16(14)21/h4-8,12,23H,9-11H2,1-3H3. The maximum atomic E-state index is 6.39. The summed E-state index contributed by atoms with van der Waals surface area (Å²) in [6.07, 6.45) is 0. The highest BCUT2D eigenvalue weighted by Gasteiger charge is 2.13. The smallest absolute Gasteiger partial charge is 0.163 e. The molecule has 0 aliphatic carbocycles. The minimum absolute atomic E-state index is 0.232. The second kappa shape index (κ2) is 9.54. The molecular formula is C19H22Cl3NO2. The summed E-state index contributed by atoms with van der Waals surface area (Å²) in [7, 11) is 1.60. The maximum Gasteiger partial charge on any atom is 0.163 e. The summed E-state index contributed by atoms with van der Waals surface area (Å²) < 4.78 is 11.3. The number of rotatable bonds is 8. The number of methoxy groups -OCH3 is 1. The van der Waals surface area contributed by atoms with Crippen molar-refractivity contribution in [3.63, 3.8) is 0 Å². The fraction of sp³-hybridized carbons (Fsp3) is 0.368. The van der Waals surface area contributed by atoms with E-state index in [1.165, 1.54) is 0 Å². The highest BCUT2D eigenvalue weighted by atomic mass is 35.5. The second-order valence-corrected chi connectivity index (χ2v) is 7.33. The summed E-state index contributed by atoms with van der Waals surface area (Å²) in [6.45, 7) is 6.14. The van der Waals surface area contributed by atoms with Crippen molar-refractivity contribution in [2.24, 2.45) is 5.92 Å². The number of ether oxygens (including phenoxy) is 2. The van der Waals surface area contributed by atoms with Crippen LogP contribution in [-0.2, 0) is 13.2 Å². The molecule has 2 rings (SSSR count). The van der Waals surface area contributed by atoms with E-state index in [4.69, 9.17) is 44.3 Å². The summed E-state index contributed by atoms with van der Waals surface area (Å²) >= 11 is 18.7. The minimum Gasteiger partial charge on any atom is -0.493 e. The second-order valence-electron chi connectivity index (χ2n) is 6.11. The van der Waals surface area contributed by atoms with Crippen LogP contribution in [0.3, 0.4) is 0 Å². The molecule has 0 aliphatic heterocycles. The first-order valence-corrected chi connectivity index (χ1v) is 9.18. The average molecular weight is 403 g/mol. The summed E-state index contributed by atoms with van der Waals surface area (Å²) in [5.74, 6) is 1.74. The van der Waals surface area contributed by atoms with Gasteiger partial charge in [-0.2, -0.15) is 0 Å². The van der Waals surface area contributed by atoms with Crippen LogP contribution in [0, 0.1) is 5.92 Å². The molecule has 0 bridgehead atoms. The van der Waals surface area contributed by atoms with E-state index in [2.05, 4.69) is 19.2 Å². The van der Waals surface area contributed by atoms with Gasteiger partial charge >= 0.3 is 0 Å². The lowest BCUT2D eigenvalue weighted by Crippen LogP contribution is -2.19. The van der Waals surface area contributed by atoms with Crippen LogP contribution in [0.15, 0.2) is 30.3 Å². The molecule has 2 aromatic carbocycles. The van der Waals surface area contributed by atoms with Crippen LogP contribution < -0.4 is 14.8 Å². The van der Waals surface area contributed by atoms with E-state index in [0.717, 1.165) is 17.7 Å². The van der Waals surface area contributed by atoms with Crippen molar-refractivity contribution >= 4 is 34.8 Å². The number of benzene rings is 2. The SMILES string of the molecule is COc1cc(CNCC(C)C)c(Cl)cc1OCc1c(Cl)cccc1Cl. The van der Waals surface area contributed by atoms with E-state index >= 15 is 0 Å². The van der Waals surface area contributed by atoms with E-state index in [1.54, 1.807) is 31.4 Å². The van der Waals surface area contributed by atoms with Crippen LogP contribution in [0.25, 0.3) is 0 Å². The Morgan fingerprint density at radius 1 is 1.00 bits per heavy atom. The zero-order valence-electron chi connectivity index (χ0n) is 14.5. The summed E-state index contributed by atoms with van der Waals surface area (Å²) in [5, 5.41) is 5.12. The largest absolute Gasteiger partial charge is 0.493 e. The first-order valence-electron chi connectivity index (χ1n) is 8.05. The molecule has 0 radical (unpaired) electrons. The lowest BCUT2D eigenvalue weighted by Gasteiger charge is -2.15. The Hall–Kier alpha value is -1.13. The molecular weight excluding hydrogens is 381 g/mol. The van der Waals surface area contributed by atoms with Crippen molar-refractivity contribution in [2.45, 2.75) is 27.0 Å². The van der Waals surface area contributed by atoms with Crippen molar-refractivity contribution in [1.29, 1.82) is 0 Å². The topological polar surface area (TPSA) is 30.5 Å². The number of nitrogens with one attached hydrogen (secondary N) is 1. The molecule has 0 amide bonds. The van der Waals surface area contributed by atoms with Gasteiger partial charge in [0.05, 0.1) is 7.11 Å². The fourth-order valence-corrected chi connectivity index (χ4v) is 3.03. The third-order valence-electron chi connectivity index (χ3n) is 3.63. The Morgan fingerprint density at radius 3 is 2.28 bits per heavy atom. The molecule has 3 nitrogen and oxygen atoms in total. The molecule has 0 heterocycles. The lowest BCUT2D eigenvalue weighted by molar-refractivity contribution is 0.284. The molecule has 6 heteroatoms. The van der Waals surface area contributed by atoms with Gasteiger partial charge in [-0.05, 0) is 36.2 Å². The van der Waals surface area contributed by atoms with Gasteiger partial charge in [-0.3, -0.25) is 0 Å². The van der Waals surface area contributed by atoms with Gasteiger partial charge in [0.1, 0.15) is 6.61 Å². The van der Waals surface area contributed by atoms with Gasteiger partial charge in [0.2, 0.25) is 0 Å². The molecule has 136 valence electrons. The van der Waals surface area contributed by atoms with Crippen molar-refractivity contribution in [1.82, 2.24) is 5.32 Å². The number of hydrogen-bond acceptors (Lipinski definition) is 3. The zero-order valence-corrected chi connectivity index (χ0v) is 16.8. The predicted molar refractivity (Wildman–Crippen MR) is 105 cm³/mol. The molecule has 0 saturated heterocycles. The Kier molecular flexibility index (Phi) is 7.70. The Morgan fingerprint density at radius 2 is 1.68 bits per heavy atom. The molecule has 0 spiro atoms. The molecule has 0 saturated carbocycles. The van der Waals surface area contributed by atoms with Crippen molar-refractivity contribution in [3.05, 3.63) is 56.5 Å². The zero-order chi connectivity index (χ0) is 18.4. The van der Waals surface area contributed by atoms with Crippen LogP contribution >= 0.6 is 34.8 Å². The highest BCUT2D eigenvalue weighted by Crippen LogP contribution is 2.35. The van der Waals surface area contributed by atoms with Gasteiger partial charge in [-0.25, -0.2) is 0 Å². The summed E-state index contributed by atoms with van der Waals surface area (Å²) in [4.78, 5) is 0. The number of halogens is 3. The number of hydrogen-bond donors (Lipinski definition) is 1. The molecule has 0 unspecified atom stereocenters.